The van der Waals surface area contributed by atoms with Crippen LogP contribution in [-0.2, 0) is 0 Å². The standard InChI is InChI=1S/C6H5N3.C5H5N/c1-2-7-4-6-5(1)3-8-9-6;1-2-4-6-5-3-1/h1-4H,(H,8,9);1-5H. The van der Waals surface area contributed by atoms with Gasteiger partial charge < -0.3 is 0 Å². The fraction of sp³-hybridized carbons (Fsp3) is 0. The molecule has 3 heterocycles. The van der Waals surface area contributed by atoms with Gasteiger partial charge in [0.15, 0.2) is 0 Å². The molecule has 0 aliphatic carbocycles. The Morgan fingerprint density at radius 2 is 1.73 bits per heavy atom. The third-order valence-electron chi connectivity index (χ3n) is 1.81. The smallest absolute Gasteiger partial charge is 0.0833 e. The lowest BCUT2D eigenvalue weighted by Gasteiger charge is -1.80. The number of hydrogen-bond acceptors (Lipinski definition) is 3. The summed E-state index contributed by atoms with van der Waals surface area (Å²) < 4.78 is 0. The normalized spacial score (nSPS) is 9.33. The van der Waals surface area contributed by atoms with E-state index in [1.807, 2.05) is 24.3 Å². The fourth-order valence-corrected chi connectivity index (χ4v) is 1.10. The number of rotatable bonds is 0. The first-order valence-corrected chi connectivity index (χ1v) is 4.55. The molecule has 74 valence electrons. The number of aromatic nitrogens is 4. The van der Waals surface area contributed by atoms with Crippen molar-refractivity contribution in [2.75, 3.05) is 0 Å². The molecule has 0 aromatic carbocycles. The summed E-state index contributed by atoms with van der Waals surface area (Å²) in [4.78, 5) is 7.70. The van der Waals surface area contributed by atoms with Crippen molar-refractivity contribution in [3.05, 3.63) is 55.2 Å². The van der Waals surface area contributed by atoms with Crippen molar-refractivity contribution < 1.29 is 0 Å². The van der Waals surface area contributed by atoms with E-state index in [9.17, 15) is 0 Å². The molecule has 0 aliphatic heterocycles. The van der Waals surface area contributed by atoms with Crippen molar-refractivity contribution in [1.82, 2.24) is 20.2 Å². The van der Waals surface area contributed by atoms with Crippen molar-refractivity contribution >= 4 is 10.9 Å². The average molecular weight is 198 g/mol. The van der Waals surface area contributed by atoms with E-state index in [0.29, 0.717) is 0 Å². The van der Waals surface area contributed by atoms with Crippen molar-refractivity contribution in [3.63, 3.8) is 0 Å². The Balaban J connectivity index is 0.000000124. The molecule has 15 heavy (non-hydrogen) atoms. The molecule has 0 atom stereocenters. The third-order valence-corrected chi connectivity index (χ3v) is 1.81. The maximum absolute atomic E-state index is 3.91. The number of aromatic amines is 1. The van der Waals surface area contributed by atoms with Crippen LogP contribution in [0.1, 0.15) is 0 Å². The van der Waals surface area contributed by atoms with Crippen LogP contribution in [0.25, 0.3) is 10.9 Å². The van der Waals surface area contributed by atoms with E-state index < -0.39 is 0 Å². The third kappa shape index (κ3) is 2.60. The molecule has 4 nitrogen and oxygen atoms in total. The quantitative estimate of drug-likeness (QED) is 0.601. The zero-order valence-electron chi connectivity index (χ0n) is 8.04. The molecule has 0 aliphatic rings. The summed E-state index contributed by atoms with van der Waals surface area (Å²) in [5.74, 6) is 0. The second-order valence-corrected chi connectivity index (χ2v) is 2.86. The molecular formula is C11H10N4. The molecule has 4 heteroatoms. The first-order chi connectivity index (χ1) is 7.47. The minimum atomic E-state index is 0.984. The molecule has 3 rings (SSSR count). The van der Waals surface area contributed by atoms with E-state index >= 15 is 0 Å². The van der Waals surface area contributed by atoms with E-state index in [0.717, 1.165) is 10.9 Å². The first-order valence-electron chi connectivity index (χ1n) is 4.55. The Labute approximate surface area is 87.0 Å². The molecule has 1 N–H and O–H groups in total. The van der Waals surface area contributed by atoms with Gasteiger partial charge in [-0.3, -0.25) is 15.1 Å². The van der Waals surface area contributed by atoms with Gasteiger partial charge in [0.2, 0.25) is 0 Å². The van der Waals surface area contributed by atoms with Gasteiger partial charge in [0, 0.05) is 24.0 Å². The van der Waals surface area contributed by atoms with E-state index in [2.05, 4.69) is 20.2 Å². The van der Waals surface area contributed by atoms with Crippen LogP contribution in [0.2, 0.25) is 0 Å². The van der Waals surface area contributed by atoms with Crippen molar-refractivity contribution in [2.24, 2.45) is 0 Å². The van der Waals surface area contributed by atoms with Crippen LogP contribution in [-0.4, -0.2) is 20.2 Å². The fourth-order valence-electron chi connectivity index (χ4n) is 1.10. The summed E-state index contributed by atoms with van der Waals surface area (Å²) in [6.07, 6.45) is 8.78. The topological polar surface area (TPSA) is 54.5 Å². The predicted molar refractivity (Wildman–Crippen MR) is 58.1 cm³/mol. The minimum absolute atomic E-state index is 0.984. The van der Waals surface area contributed by atoms with Gasteiger partial charge in [-0.15, -0.1) is 0 Å². The Kier molecular flexibility index (Phi) is 3.02. The van der Waals surface area contributed by atoms with Gasteiger partial charge >= 0.3 is 0 Å². The number of pyridine rings is 2. The average Bonchev–Trinajstić information content (AvgIpc) is 2.80. The van der Waals surface area contributed by atoms with Crippen molar-refractivity contribution in [2.45, 2.75) is 0 Å². The monoisotopic (exact) mass is 198 g/mol. The Morgan fingerprint density at radius 3 is 2.33 bits per heavy atom. The molecule has 3 aromatic rings. The Morgan fingerprint density at radius 1 is 0.867 bits per heavy atom. The molecule has 0 saturated carbocycles. The Bertz CT molecular complexity index is 447. The predicted octanol–water partition coefficient (Wildman–Crippen LogP) is 2.04. The van der Waals surface area contributed by atoms with Gasteiger partial charge in [-0.25, -0.2) is 0 Å². The zero-order chi connectivity index (χ0) is 10.3. The summed E-state index contributed by atoms with van der Waals surface area (Å²) in [5.41, 5.74) is 0.984. The van der Waals surface area contributed by atoms with Crippen molar-refractivity contribution in [1.29, 1.82) is 0 Å². The highest BCUT2D eigenvalue weighted by Gasteiger charge is 1.89. The summed E-state index contributed by atoms with van der Waals surface area (Å²) >= 11 is 0. The van der Waals surface area contributed by atoms with Gasteiger partial charge in [0.05, 0.1) is 17.9 Å². The highest BCUT2D eigenvalue weighted by Crippen LogP contribution is 2.04. The number of nitrogens with one attached hydrogen (secondary N) is 1. The van der Waals surface area contributed by atoms with Crippen molar-refractivity contribution in [3.8, 4) is 0 Å². The molecule has 0 bridgehead atoms. The molecule has 3 aromatic heterocycles. The van der Waals surface area contributed by atoms with Crippen LogP contribution in [0.5, 0.6) is 0 Å². The SMILES string of the molecule is c1cc2cn[nH]c2cn1.c1ccncc1. The number of nitrogens with zero attached hydrogens (tertiary/aromatic N) is 3. The largest absolute Gasteiger partial charge is 0.276 e. The van der Waals surface area contributed by atoms with Crippen LogP contribution in [0.4, 0.5) is 0 Å². The lowest BCUT2D eigenvalue weighted by molar-refractivity contribution is 1.11. The van der Waals surface area contributed by atoms with Gasteiger partial charge in [-0.05, 0) is 18.2 Å². The molecule has 0 amide bonds. The maximum atomic E-state index is 3.91. The highest BCUT2D eigenvalue weighted by atomic mass is 15.1. The summed E-state index contributed by atoms with van der Waals surface area (Å²) in [6.45, 7) is 0. The molecule has 0 spiro atoms. The molecule has 0 radical (unpaired) electrons. The van der Waals surface area contributed by atoms with Gasteiger partial charge in [0.25, 0.3) is 0 Å². The number of hydrogen-bond donors (Lipinski definition) is 1. The lowest BCUT2D eigenvalue weighted by atomic mass is 10.3. The molecule has 0 saturated heterocycles. The number of H-pyrrole nitrogens is 1. The Hall–Kier alpha value is -2.23. The van der Waals surface area contributed by atoms with E-state index in [-0.39, 0.29) is 0 Å². The minimum Gasteiger partial charge on any atom is -0.276 e. The van der Waals surface area contributed by atoms with Crippen LogP contribution < -0.4 is 0 Å². The van der Waals surface area contributed by atoms with Crippen LogP contribution >= 0.6 is 0 Å². The summed E-state index contributed by atoms with van der Waals surface area (Å²) in [7, 11) is 0. The molecular weight excluding hydrogens is 188 g/mol. The van der Waals surface area contributed by atoms with Crippen LogP contribution in [0.15, 0.2) is 55.2 Å². The highest BCUT2D eigenvalue weighted by molar-refractivity contribution is 5.76. The summed E-state index contributed by atoms with van der Waals surface area (Å²) in [6, 6.07) is 7.63. The van der Waals surface area contributed by atoms with E-state index in [1.165, 1.54) is 0 Å². The van der Waals surface area contributed by atoms with Gasteiger partial charge in [-0.1, -0.05) is 6.07 Å². The summed E-state index contributed by atoms with van der Waals surface area (Å²) in [5, 5.41) is 7.75. The maximum Gasteiger partial charge on any atom is 0.0833 e. The van der Waals surface area contributed by atoms with E-state index in [1.54, 1.807) is 31.0 Å². The second-order valence-electron chi connectivity index (χ2n) is 2.86. The molecule has 0 unspecified atom stereocenters. The van der Waals surface area contributed by atoms with Gasteiger partial charge in [-0.2, -0.15) is 5.10 Å². The second kappa shape index (κ2) is 4.85. The van der Waals surface area contributed by atoms with Crippen LogP contribution in [0.3, 0.4) is 0 Å². The molecule has 0 fully saturated rings. The van der Waals surface area contributed by atoms with E-state index in [4.69, 9.17) is 0 Å². The van der Waals surface area contributed by atoms with Gasteiger partial charge in [0.1, 0.15) is 0 Å². The number of fused-ring (bicyclic) bond motifs is 1. The lowest BCUT2D eigenvalue weighted by Crippen LogP contribution is -1.69. The zero-order valence-corrected chi connectivity index (χ0v) is 8.04. The van der Waals surface area contributed by atoms with Crippen LogP contribution in [0, 0.1) is 0 Å². The first kappa shape index (κ1) is 9.33.